The van der Waals surface area contributed by atoms with Crippen LogP contribution in [-0.2, 0) is 16.6 Å². The highest BCUT2D eigenvalue weighted by atomic mass is 32.2. The van der Waals surface area contributed by atoms with Gasteiger partial charge in [-0.15, -0.1) is 0 Å². The van der Waals surface area contributed by atoms with Crippen LogP contribution < -0.4 is 18.9 Å². The molecule has 0 atom stereocenters. The van der Waals surface area contributed by atoms with E-state index in [4.69, 9.17) is 14.2 Å². The summed E-state index contributed by atoms with van der Waals surface area (Å²) in [7, 11) is -2.17. The van der Waals surface area contributed by atoms with Crippen LogP contribution in [0.5, 0.6) is 17.2 Å². The maximum Gasteiger partial charge on any atom is 0.242 e. The normalized spacial score (nSPS) is 13.3. The van der Waals surface area contributed by atoms with Crippen molar-refractivity contribution in [3.8, 4) is 17.2 Å². The smallest absolute Gasteiger partial charge is 0.242 e. The summed E-state index contributed by atoms with van der Waals surface area (Å²) in [4.78, 5) is 3.18. The van der Waals surface area contributed by atoms with Crippen molar-refractivity contribution in [2.75, 3.05) is 13.9 Å². The van der Waals surface area contributed by atoms with Gasteiger partial charge in [0.2, 0.25) is 16.8 Å². The Balaban J connectivity index is 1.62. The molecule has 0 bridgehead atoms. The van der Waals surface area contributed by atoms with E-state index < -0.39 is 10.0 Å². The van der Waals surface area contributed by atoms with Crippen molar-refractivity contribution in [2.24, 2.45) is 0 Å². The Kier molecular flexibility index (Phi) is 3.78. The van der Waals surface area contributed by atoms with Crippen LogP contribution in [0, 0.1) is 0 Å². The highest BCUT2D eigenvalue weighted by Crippen LogP contribution is 2.38. The summed E-state index contributed by atoms with van der Waals surface area (Å²) in [5.41, 5.74) is 1.43. The molecule has 1 aliphatic heterocycles. The Morgan fingerprint density at radius 2 is 1.96 bits per heavy atom. The zero-order chi connectivity index (χ0) is 17.4. The Hall–Kier alpha value is -2.71. The third kappa shape index (κ3) is 2.79. The molecule has 0 spiro atoms. The van der Waals surface area contributed by atoms with E-state index in [0.717, 1.165) is 5.52 Å². The summed E-state index contributed by atoms with van der Waals surface area (Å²) in [5, 5.41) is 0.646. The number of fused-ring (bicyclic) bond motifs is 2. The SMILES string of the molecule is COc1cc2c(cc1CNS(=O)(=O)c1c[nH]c3ccccc13)OCO2. The minimum Gasteiger partial charge on any atom is -0.496 e. The van der Waals surface area contributed by atoms with Crippen molar-refractivity contribution < 1.29 is 22.6 Å². The van der Waals surface area contributed by atoms with E-state index in [-0.39, 0.29) is 18.2 Å². The lowest BCUT2D eigenvalue weighted by Gasteiger charge is -2.11. The average Bonchev–Trinajstić information content (AvgIpc) is 3.25. The lowest BCUT2D eigenvalue weighted by atomic mass is 10.2. The molecule has 0 amide bonds. The second-order valence-corrected chi connectivity index (χ2v) is 7.28. The molecule has 130 valence electrons. The molecule has 0 aliphatic carbocycles. The molecular weight excluding hydrogens is 344 g/mol. The maximum atomic E-state index is 12.7. The van der Waals surface area contributed by atoms with E-state index >= 15 is 0 Å². The van der Waals surface area contributed by atoms with Gasteiger partial charge in [0.15, 0.2) is 11.5 Å². The third-order valence-corrected chi connectivity index (χ3v) is 5.51. The molecule has 2 heterocycles. The Morgan fingerprint density at radius 1 is 1.20 bits per heavy atom. The topological polar surface area (TPSA) is 89.7 Å². The monoisotopic (exact) mass is 360 g/mol. The van der Waals surface area contributed by atoms with Gasteiger partial charge in [0.25, 0.3) is 0 Å². The summed E-state index contributed by atoms with van der Waals surface area (Å²) >= 11 is 0. The number of benzene rings is 2. The van der Waals surface area contributed by atoms with E-state index in [1.807, 2.05) is 12.1 Å². The number of para-hydroxylation sites is 1. The largest absolute Gasteiger partial charge is 0.496 e. The van der Waals surface area contributed by atoms with Crippen molar-refractivity contribution in [3.05, 3.63) is 48.2 Å². The van der Waals surface area contributed by atoms with Crippen molar-refractivity contribution in [2.45, 2.75) is 11.4 Å². The summed E-state index contributed by atoms with van der Waals surface area (Å²) in [6, 6.07) is 10.7. The van der Waals surface area contributed by atoms with Gasteiger partial charge in [0.1, 0.15) is 10.6 Å². The highest BCUT2D eigenvalue weighted by Gasteiger charge is 2.21. The number of hydrogen-bond acceptors (Lipinski definition) is 5. The average molecular weight is 360 g/mol. The number of H-pyrrole nitrogens is 1. The molecule has 2 aromatic carbocycles. The Morgan fingerprint density at radius 3 is 2.76 bits per heavy atom. The number of aromatic amines is 1. The summed E-state index contributed by atoms with van der Waals surface area (Å²) in [6.45, 7) is 0.213. The molecule has 4 rings (SSSR count). The fraction of sp³-hybridized carbons (Fsp3) is 0.176. The number of aromatic nitrogens is 1. The van der Waals surface area contributed by atoms with Crippen LogP contribution in [0.1, 0.15) is 5.56 Å². The number of sulfonamides is 1. The third-order valence-electron chi connectivity index (χ3n) is 4.07. The first-order valence-electron chi connectivity index (χ1n) is 7.61. The van der Waals surface area contributed by atoms with Gasteiger partial charge in [0.05, 0.1) is 7.11 Å². The first-order chi connectivity index (χ1) is 12.1. The van der Waals surface area contributed by atoms with Gasteiger partial charge in [0, 0.05) is 35.3 Å². The summed E-state index contributed by atoms with van der Waals surface area (Å²) in [5.74, 6) is 1.69. The van der Waals surface area contributed by atoms with E-state index in [0.29, 0.717) is 28.2 Å². The minimum absolute atomic E-state index is 0.0711. The van der Waals surface area contributed by atoms with Crippen LogP contribution in [0.4, 0.5) is 0 Å². The Bertz CT molecular complexity index is 1040. The van der Waals surface area contributed by atoms with Gasteiger partial charge in [-0.25, -0.2) is 13.1 Å². The predicted octanol–water partition coefficient (Wildman–Crippen LogP) is 2.38. The molecule has 1 aliphatic rings. The van der Waals surface area contributed by atoms with Gasteiger partial charge in [-0.1, -0.05) is 18.2 Å². The second kappa shape index (κ2) is 5.98. The summed E-state index contributed by atoms with van der Waals surface area (Å²) in [6.07, 6.45) is 1.49. The van der Waals surface area contributed by atoms with Gasteiger partial charge in [-0.05, 0) is 12.1 Å². The highest BCUT2D eigenvalue weighted by molar-refractivity contribution is 7.89. The number of methoxy groups -OCH3 is 1. The van der Waals surface area contributed by atoms with E-state index in [2.05, 4.69) is 9.71 Å². The Labute approximate surface area is 144 Å². The summed E-state index contributed by atoms with van der Waals surface area (Å²) < 4.78 is 43.9. The molecule has 0 unspecified atom stereocenters. The van der Waals surface area contributed by atoms with Gasteiger partial charge < -0.3 is 19.2 Å². The molecule has 8 heteroatoms. The molecule has 25 heavy (non-hydrogen) atoms. The van der Waals surface area contributed by atoms with Crippen LogP contribution in [0.3, 0.4) is 0 Å². The fourth-order valence-electron chi connectivity index (χ4n) is 2.81. The van der Waals surface area contributed by atoms with Crippen LogP contribution >= 0.6 is 0 Å². The van der Waals surface area contributed by atoms with Crippen LogP contribution in [0.25, 0.3) is 10.9 Å². The number of ether oxygens (including phenoxy) is 3. The van der Waals surface area contributed by atoms with Crippen molar-refractivity contribution in [3.63, 3.8) is 0 Å². The molecule has 2 N–H and O–H groups in total. The van der Waals surface area contributed by atoms with Crippen molar-refractivity contribution in [1.82, 2.24) is 9.71 Å². The molecular formula is C17H16N2O5S. The van der Waals surface area contributed by atoms with E-state index in [1.54, 1.807) is 24.3 Å². The molecule has 3 aromatic rings. The van der Waals surface area contributed by atoms with Gasteiger partial charge >= 0.3 is 0 Å². The molecule has 7 nitrogen and oxygen atoms in total. The predicted molar refractivity (Wildman–Crippen MR) is 91.4 cm³/mol. The lowest BCUT2D eigenvalue weighted by molar-refractivity contribution is 0.174. The lowest BCUT2D eigenvalue weighted by Crippen LogP contribution is -2.23. The maximum absolute atomic E-state index is 12.7. The first-order valence-corrected chi connectivity index (χ1v) is 9.09. The van der Waals surface area contributed by atoms with Crippen molar-refractivity contribution in [1.29, 1.82) is 0 Å². The molecule has 0 saturated carbocycles. The van der Waals surface area contributed by atoms with Gasteiger partial charge in [-0.3, -0.25) is 0 Å². The van der Waals surface area contributed by atoms with Crippen LogP contribution in [0.2, 0.25) is 0 Å². The number of nitrogens with one attached hydrogen (secondary N) is 2. The fourth-order valence-corrected chi connectivity index (χ4v) is 3.99. The minimum atomic E-state index is -3.69. The van der Waals surface area contributed by atoms with Crippen LogP contribution in [-0.4, -0.2) is 27.3 Å². The standard InChI is InChI=1S/C17H16N2O5S/c1-22-14-7-16-15(23-10-24-16)6-11(14)8-19-25(20,21)17-9-18-13-5-3-2-4-12(13)17/h2-7,9,18-19H,8,10H2,1H3. The van der Waals surface area contributed by atoms with Crippen LogP contribution in [0.15, 0.2) is 47.5 Å². The molecule has 0 radical (unpaired) electrons. The quantitative estimate of drug-likeness (QED) is 0.729. The van der Waals surface area contributed by atoms with E-state index in [1.165, 1.54) is 13.3 Å². The first kappa shape index (κ1) is 15.8. The second-order valence-electron chi connectivity index (χ2n) is 5.54. The zero-order valence-electron chi connectivity index (χ0n) is 13.4. The van der Waals surface area contributed by atoms with Gasteiger partial charge in [-0.2, -0.15) is 0 Å². The molecule has 1 aromatic heterocycles. The number of hydrogen-bond donors (Lipinski definition) is 2. The molecule has 0 saturated heterocycles. The molecule has 0 fully saturated rings. The number of rotatable bonds is 5. The van der Waals surface area contributed by atoms with Crippen molar-refractivity contribution >= 4 is 20.9 Å². The van der Waals surface area contributed by atoms with E-state index in [9.17, 15) is 8.42 Å². The zero-order valence-corrected chi connectivity index (χ0v) is 14.2.